The second-order valence-corrected chi connectivity index (χ2v) is 5.41. The van der Waals surface area contributed by atoms with Crippen LogP contribution in [-0.2, 0) is 0 Å². The third-order valence-corrected chi connectivity index (χ3v) is 4.04. The Labute approximate surface area is 128 Å². The molecule has 1 N–H and O–H groups in total. The van der Waals surface area contributed by atoms with Crippen LogP contribution in [0.3, 0.4) is 0 Å². The molecule has 1 atom stereocenters. The molecule has 4 rings (SSSR count). The van der Waals surface area contributed by atoms with Crippen LogP contribution in [-0.4, -0.2) is 31.1 Å². The molecule has 5 heteroatoms. The number of rotatable bonds is 1. The Morgan fingerprint density at radius 1 is 1.09 bits per heavy atom. The zero-order valence-corrected chi connectivity index (χ0v) is 12.2. The van der Waals surface area contributed by atoms with Crippen LogP contribution in [0.4, 0.5) is 5.69 Å². The van der Waals surface area contributed by atoms with E-state index < -0.39 is 0 Å². The van der Waals surface area contributed by atoms with E-state index >= 15 is 0 Å². The Kier molecular flexibility index (Phi) is 2.92. The van der Waals surface area contributed by atoms with Crippen molar-refractivity contribution in [2.24, 2.45) is 0 Å². The summed E-state index contributed by atoms with van der Waals surface area (Å²) in [7, 11) is 1.80. The molecule has 0 fully saturated rings. The highest BCUT2D eigenvalue weighted by atomic mass is 16.6. The van der Waals surface area contributed by atoms with E-state index in [0.29, 0.717) is 18.8 Å². The van der Waals surface area contributed by atoms with Gasteiger partial charge in [0.2, 0.25) is 0 Å². The van der Waals surface area contributed by atoms with Gasteiger partial charge in [-0.3, -0.25) is 4.79 Å². The van der Waals surface area contributed by atoms with Gasteiger partial charge < -0.3 is 19.7 Å². The van der Waals surface area contributed by atoms with Gasteiger partial charge in [0, 0.05) is 12.7 Å². The van der Waals surface area contributed by atoms with Crippen LogP contribution < -0.4 is 14.8 Å². The largest absolute Gasteiger partial charge is 0.486 e. The minimum Gasteiger partial charge on any atom is -0.486 e. The highest BCUT2D eigenvalue weighted by molar-refractivity contribution is 6.01. The van der Waals surface area contributed by atoms with Crippen LogP contribution in [0.25, 0.3) is 0 Å². The third-order valence-electron chi connectivity index (χ3n) is 4.04. The first-order valence-electron chi connectivity index (χ1n) is 7.26. The van der Waals surface area contributed by atoms with Crippen LogP contribution in [0.15, 0.2) is 42.5 Å². The van der Waals surface area contributed by atoms with E-state index in [2.05, 4.69) is 5.32 Å². The number of nitrogens with one attached hydrogen (secondary N) is 1. The van der Waals surface area contributed by atoms with E-state index in [1.54, 1.807) is 11.9 Å². The number of amides is 1. The van der Waals surface area contributed by atoms with E-state index in [1.807, 2.05) is 42.5 Å². The lowest BCUT2D eigenvalue weighted by Crippen LogP contribution is -2.40. The fraction of sp³-hybridized carbons (Fsp3) is 0.235. The summed E-state index contributed by atoms with van der Waals surface area (Å²) in [6.45, 7) is 1.12. The molecule has 112 valence electrons. The number of para-hydroxylation sites is 1. The molecule has 1 amide bonds. The lowest BCUT2D eigenvalue weighted by Gasteiger charge is -2.36. The van der Waals surface area contributed by atoms with Gasteiger partial charge in [-0.1, -0.05) is 18.2 Å². The highest BCUT2D eigenvalue weighted by Gasteiger charge is 2.30. The summed E-state index contributed by atoms with van der Waals surface area (Å²) in [6.07, 6.45) is -0.224. The zero-order valence-electron chi connectivity index (χ0n) is 12.2. The van der Waals surface area contributed by atoms with Crippen LogP contribution in [0.5, 0.6) is 11.5 Å². The molecule has 0 aromatic heterocycles. The summed E-state index contributed by atoms with van der Waals surface area (Å²) >= 11 is 0. The second kappa shape index (κ2) is 4.94. The first kappa shape index (κ1) is 13.0. The lowest BCUT2D eigenvalue weighted by molar-refractivity contribution is 0.0735. The maximum Gasteiger partial charge on any atom is 0.257 e. The van der Waals surface area contributed by atoms with Gasteiger partial charge in [-0.25, -0.2) is 0 Å². The maximum atomic E-state index is 12.5. The van der Waals surface area contributed by atoms with Gasteiger partial charge in [0.1, 0.15) is 19.4 Å². The van der Waals surface area contributed by atoms with Crippen molar-refractivity contribution in [3.8, 4) is 11.5 Å². The van der Waals surface area contributed by atoms with Crippen molar-refractivity contribution in [1.29, 1.82) is 0 Å². The Bertz CT molecular complexity index is 744. The maximum absolute atomic E-state index is 12.5. The molecule has 2 aromatic rings. The topological polar surface area (TPSA) is 50.8 Å². The number of hydrogen-bond acceptors (Lipinski definition) is 4. The van der Waals surface area contributed by atoms with E-state index in [-0.39, 0.29) is 12.1 Å². The molecule has 0 radical (unpaired) electrons. The van der Waals surface area contributed by atoms with Crippen molar-refractivity contribution in [2.45, 2.75) is 6.17 Å². The van der Waals surface area contributed by atoms with Gasteiger partial charge in [-0.15, -0.1) is 0 Å². The summed E-state index contributed by atoms with van der Waals surface area (Å²) in [4.78, 5) is 14.2. The Morgan fingerprint density at radius 2 is 1.86 bits per heavy atom. The highest BCUT2D eigenvalue weighted by Crippen LogP contribution is 2.37. The molecule has 0 aliphatic carbocycles. The van der Waals surface area contributed by atoms with E-state index in [1.165, 1.54) is 0 Å². The lowest BCUT2D eigenvalue weighted by atomic mass is 10.0. The van der Waals surface area contributed by atoms with Gasteiger partial charge in [0.15, 0.2) is 11.5 Å². The monoisotopic (exact) mass is 296 g/mol. The molecule has 2 aromatic carbocycles. The van der Waals surface area contributed by atoms with Gasteiger partial charge in [0.25, 0.3) is 5.91 Å². The quantitative estimate of drug-likeness (QED) is 0.879. The average Bonchev–Trinajstić information content (AvgIpc) is 2.58. The van der Waals surface area contributed by atoms with Gasteiger partial charge in [0.05, 0.1) is 5.56 Å². The summed E-state index contributed by atoms with van der Waals surface area (Å²) < 4.78 is 11.2. The molecule has 2 heterocycles. The number of nitrogens with zero attached hydrogens (tertiary/aromatic N) is 1. The van der Waals surface area contributed by atoms with Crippen LogP contribution in [0.2, 0.25) is 0 Å². The number of hydrogen-bond donors (Lipinski definition) is 1. The standard InChI is InChI=1S/C17H16N2O3/c1-19-16(18-13-5-3-2-4-12(13)17(19)20)11-6-7-14-15(10-11)22-9-8-21-14/h2-7,10,16,18H,8-9H2,1H3. The Morgan fingerprint density at radius 3 is 2.73 bits per heavy atom. The number of anilines is 1. The minimum atomic E-state index is -0.224. The van der Waals surface area contributed by atoms with Gasteiger partial charge in [-0.05, 0) is 29.8 Å². The van der Waals surface area contributed by atoms with Crippen LogP contribution in [0, 0.1) is 0 Å². The molecular formula is C17H16N2O3. The predicted octanol–water partition coefficient (Wildman–Crippen LogP) is 2.65. The van der Waals surface area contributed by atoms with Crippen LogP contribution in [0.1, 0.15) is 22.1 Å². The first-order valence-corrected chi connectivity index (χ1v) is 7.26. The van der Waals surface area contributed by atoms with Gasteiger partial charge in [-0.2, -0.15) is 0 Å². The molecule has 0 spiro atoms. The molecule has 2 aliphatic heterocycles. The van der Waals surface area contributed by atoms with Gasteiger partial charge >= 0.3 is 0 Å². The number of benzene rings is 2. The Hall–Kier alpha value is -2.69. The molecular weight excluding hydrogens is 280 g/mol. The predicted molar refractivity (Wildman–Crippen MR) is 82.3 cm³/mol. The number of ether oxygens (including phenoxy) is 2. The van der Waals surface area contributed by atoms with Crippen molar-refractivity contribution in [3.63, 3.8) is 0 Å². The molecule has 0 saturated carbocycles. The fourth-order valence-corrected chi connectivity index (χ4v) is 2.88. The number of fused-ring (bicyclic) bond motifs is 2. The fourth-order valence-electron chi connectivity index (χ4n) is 2.88. The molecule has 0 saturated heterocycles. The summed E-state index contributed by atoms with van der Waals surface area (Å²) in [5.74, 6) is 1.49. The normalized spacial score (nSPS) is 19.4. The molecule has 5 nitrogen and oxygen atoms in total. The Balaban J connectivity index is 1.73. The van der Waals surface area contributed by atoms with E-state index in [0.717, 1.165) is 22.7 Å². The third kappa shape index (κ3) is 1.97. The minimum absolute atomic E-state index is 0.00855. The molecule has 1 unspecified atom stereocenters. The summed E-state index contributed by atoms with van der Waals surface area (Å²) in [5, 5.41) is 3.41. The average molecular weight is 296 g/mol. The summed E-state index contributed by atoms with van der Waals surface area (Å²) in [5.41, 5.74) is 2.51. The number of carbonyl (C=O) groups excluding carboxylic acids is 1. The molecule has 0 bridgehead atoms. The van der Waals surface area contributed by atoms with Crippen molar-refractivity contribution >= 4 is 11.6 Å². The molecule has 2 aliphatic rings. The van der Waals surface area contributed by atoms with Crippen molar-refractivity contribution in [1.82, 2.24) is 4.90 Å². The molecule has 22 heavy (non-hydrogen) atoms. The SMILES string of the molecule is CN1C(=O)c2ccccc2NC1c1ccc2c(c1)OCCO2. The van der Waals surface area contributed by atoms with Crippen molar-refractivity contribution < 1.29 is 14.3 Å². The van der Waals surface area contributed by atoms with E-state index in [9.17, 15) is 4.79 Å². The van der Waals surface area contributed by atoms with Crippen LogP contribution >= 0.6 is 0 Å². The van der Waals surface area contributed by atoms with Crippen molar-refractivity contribution in [2.75, 3.05) is 25.6 Å². The first-order chi connectivity index (χ1) is 10.7. The van der Waals surface area contributed by atoms with E-state index in [4.69, 9.17) is 9.47 Å². The summed E-state index contributed by atoms with van der Waals surface area (Å²) in [6, 6.07) is 13.3. The van der Waals surface area contributed by atoms with Crippen molar-refractivity contribution in [3.05, 3.63) is 53.6 Å². The smallest absolute Gasteiger partial charge is 0.257 e. The zero-order chi connectivity index (χ0) is 15.1. The number of carbonyl (C=O) groups is 1. The second-order valence-electron chi connectivity index (χ2n) is 5.41.